The molecule has 1 aromatic carbocycles. The molecule has 0 N–H and O–H groups in total. The topological polar surface area (TPSA) is 73.0 Å². The van der Waals surface area contributed by atoms with Crippen molar-refractivity contribution in [2.24, 2.45) is 0 Å². The third-order valence-corrected chi connectivity index (χ3v) is 4.45. The Morgan fingerprint density at radius 1 is 0.962 bits per heavy atom. The largest absolute Gasteiger partial charge is 0.493 e. The van der Waals surface area contributed by atoms with Crippen LogP contribution in [-0.2, 0) is 5.11 Å². The average Bonchev–Trinajstić information content (AvgIpc) is 2.67. The summed E-state index contributed by atoms with van der Waals surface area (Å²) in [7, 11) is 4.73. The first-order valence-electron chi connectivity index (χ1n) is 8.48. The Morgan fingerprint density at radius 3 is 2.15 bits per heavy atom. The van der Waals surface area contributed by atoms with Crippen molar-refractivity contribution in [3.05, 3.63) is 30.6 Å². The maximum Gasteiger partial charge on any atom is 0.203 e. The fourth-order valence-electron chi connectivity index (χ4n) is 3.13. The third-order valence-electron chi connectivity index (χ3n) is 4.45. The van der Waals surface area contributed by atoms with Gasteiger partial charge in [0.15, 0.2) is 17.2 Å². The summed E-state index contributed by atoms with van der Waals surface area (Å²) in [5.41, 5.74) is 0.865. The van der Waals surface area contributed by atoms with E-state index in [9.17, 15) is 5.11 Å². The molecule has 1 aliphatic heterocycles. The molecule has 139 valence electrons. The van der Waals surface area contributed by atoms with Gasteiger partial charge in [0.1, 0.15) is 11.9 Å². The molecule has 0 spiro atoms. The molecule has 0 atom stereocenters. The molecule has 0 saturated carbocycles. The number of piperidine rings is 1. The van der Waals surface area contributed by atoms with E-state index in [-0.39, 0.29) is 11.9 Å². The molecule has 7 nitrogen and oxygen atoms in total. The molecule has 1 fully saturated rings. The summed E-state index contributed by atoms with van der Waals surface area (Å²) in [6, 6.07) is 5.23. The van der Waals surface area contributed by atoms with Crippen LogP contribution >= 0.6 is 0 Å². The number of aromatic nitrogens is 1. The van der Waals surface area contributed by atoms with Gasteiger partial charge in [0.25, 0.3) is 0 Å². The monoisotopic (exact) mass is 359 g/mol. The highest BCUT2D eigenvalue weighted by Crippen LogP contribution is 2.41. The number of benzene rings is 1. The van der Waals surface area contributed by atoms with Crippen molar-refractivity contribution >= 4 is 5.69 Å². The summed E-state index contributed by atoms with van der Waals surface area (Å²) in [4.78, 5) is 6.13. The zero-order valence-electron chi connectivity index (χ0n) is 15.2. The quantitative estimate of drug-likeness (QED) is 0.788. The van der Waals surface area contributed by atoms with Gasteiger partial charge in [0.2, 0.25) is 5.75 Å². The Hall–Kier alpha value is -2.83. The molecule has 0 amide bonds. The zero-order chi connectivity index (χ0) is 18.5. The Labute approximate surface area is 153 Å². The lowest BCUT2D eigenvalue weighted by Crippen LogP contribution is -2.38. The summed E-state index contributed by atoms with van der Waals surface area (Å²) in [5.74, 6) is 2.29. The van der Waals surface area contributed by atoms with E-state index in [4.69, 9.17) is 18.9 Å². The Bertz CT molecular complexity index is 719. The van der Waals surface area contributed by atoms with Crippen LogP contribution in [0.5, 0.6) is 28.7 Å². The van der Waals surface area contributed by atoms with Gasteiger partial charge < -0.3 is 23.8 Å². The summed E-state index contributed by atoms with van der Waals surface area (Å²) in [6.45, 7) is 1.61. The van der Waals surface area contributed by atoms with Crippen LogP contribution in [0.2, 0.25) is 0 Å². The molecule has 0 bridgehead atoms. The minimum atomic E-state index is -0.0710. The molecule has 7 heteroatoms. The lowest BCUT2D eigenvalue weighted by molar-refractivity contribution is 0.169. The van der Waals surface area contributed by atoms with Crippen molar-refractivity contribution in [2.75, 3.05) is 39.3 Å². The molecule has 26 heavy (non-hydrogen) atoms. The molecule has 1 aromatic heterocycles. The second-order valence-corrected chi connectivity index (χ2v) is 6.04. The van der Waals surface area contributed by atoms with Crippen LogP contribution < -0.4 is 23.8 Å². The summed E-state index contributed by atoms with van der Waals surface area (Å²) in [6.07, 6.45) is 4.82. The molecule has 3 rings (SSSR count). The number of hydrogen-bond donors (Lipinski definition) is 0. The molecule has 0 unspecified atom stereocenters. The van der Waals surface area contributed by atoms with Crippen LogP contribution in [0, 0.1) is 0 Å². The normalized spacial score (nSPS) is 14.8. The molecule has 2 aromatic rings. The highest BCUT2D eigenvalue weighted by atomic mass is 16.5. The highest BCUT2D eigenvalue weighted by molar-refractivity contribution is 5.56. The van der Waals surface area contributed by atoms with Crippen molar-refractivity contribution < 1.29 is 24.1 Å². The molecular formula is C19H23N2O5. The van der Waals surface area contributed by atoms with E-state index in [1.165, 1.54) is 6.20 Å². The van der Waals surface area contributed by atoms with Crippen molar-refractivity contribution in [3.8, 4) is 28.7 Å². The van der Waals surface area contributed by atoms with E-state index in [1.54, 1.807) is 45.7 Å². The van der Waals surface area contributed by atoms with Gasteiger partial charge >= 0.3 is 0 Å². The second kappa shape index (κ2) is 8.03. The van der Waals surface area contributed by atoms with E-state index < -0.39 is 0 Å². The first-order chi connectivity index (χ1) is 12.6. The minimum Gasteiger partial charge on any atom is -0.493 e. The van der Waals surface area contributed by atoms with Gasteiger partial charge in [0.05, 0.1) is 39.4 Å². The van der Waals surface area contributed by atoms with Crippen LogP contribution in [-0.4, -0.2) is 45.5 Å². The van der Waals surface area contributed by atoms with Gasteiger partial charge in [-0.15, -0.1) is 0 Å². The van der Waals surface area contributed by atoms with E-state index in [2.05, 4.69) is 9.88 Å². The molecule has 2 heterocycles. The highest BCUT2D eigenvalue weighted by Gasteiger charge is 2.23. The number of hydrogen-bond acceptors (Lipinski definition) is 6. The predicted molar refractivity (Wildman–Crippen MR) is 96.3 cm³/mol. The lowest BCUT2D eigenvalue weighted by Gasteiger charge is -2.33. The molecule has 1 radical (unpaired) electrons. The molecule has 0 aliphatic carbocycles. The van der Waals surface area contributed by atoms with Gasteiger partial charge in [-0.1, -0.05) is 0 Å². The Kier molecular flexibility index (Phi) is 5.55. The summed E-state index contributed by atoms with van der Waals surface area (Å²) < 4.78 is 22.2. The standard InChI is InChI=1S/C19H23N2O5/c1-23-17-9-16(10-18(24-2)19(17)25-3)26-15-4-6-21(7-5-15)13-8-14(22)12-20-11-13/h8-12,15H,4-7H2,1-3H3. The van der Waals surface area contributed by atoms with Crippen LogP contribution in [0.1, 0.15) is 12.8 Å². The number of ether oxygens (including phenoxy) is 4. The van der Waals surface area contributed by atoms with Crippen molar-refractivity contribution in [1.29, 1.82) is 0 Å². The minimum absolute atomic E-state index is 0.0710. The number of rotatable bonds is 6. The third kappa shape index (κ3) is 3.87. The predicted octanol–water partition coefficient (Wildman–Crippen LogP) is 3.30. The first-order valence-corrected chi connectivity index (χ1v) is 8.48. The van der Waals surface area contributed by atoms with Crippen LogP contribution in [0.15, 0.2) is 30.6 Å². The number of methoxy groups -OCH3 is 3. The van der Waals surface area contributed by atoms with Gasteiger partial charge in [-0.2, -0.15) is 0 Å². The van der Waals surface area contributed by atoms with Crippen molar-refractivity contribution in [3.63, 3.8) is 0 Å². The van der Waals surface area contributed by atoms with Gasteiger partial charge in [-0.05, 0) is 0 Å². The van der Waals surface area contributed by atoms with Gasteiger partial charge in [0, 0.05) is 44.1 Å². The molecular weight excluding hydrogens is 336 g/mol. The SMILES string of the molecule is COc1cc(OC2CCN(c3cncc([O])c3)CC2)cc(OC)c1OC. The van der Waals surface area contributed by atoms with E-state index in [0.29, 0.717) is 23.0 Å². The number of nitrogens with zero attached hydrogens (tertiary/aromatic N) is 2. The maximum atomic E-state index is 11.5. The Balaban J connectivity index is 1.66. The summed E-state index contributed by atoms with van der Waals surface area (Å²) in [5, 5.41) is 11.5. The number of pyridine rings is 1. The van der Waals surface area contributed by atoms with E-state index in [1.807, 2.05) is 0 Å². The van der Waals surface area contributed by atoms with Crippen LogP contribution in [0.25, 0.3) is 0 Å². The lowest BCUT2D eigenvalue weighted by atomic mass is 10.1. The van der Waals surface area contributed by atoms with Crippen LogP contribution in [0.3, 0.4) is 0 Å². The zero-order valence-corrected chi connectivity index (χ0v) is 15.2. The second-order valence-electron chi connectivity index (χ2n) is 6.04. The molecule has 1 saturated heterocycles. The van der Waals surface area contributed by atoms with E-state index in [0.717, 1.165) is 31.6 Å². The number of anilines is 1. The van der Waals surface area contributed by atoms with Crippen molar-refractivity contribution in [1.82, 2.24) is 4.98 Å². The smallest absolute Gasteiger partial charge is 0.203 e. The Morgan fingerprint density at radius 2 is 1.62 bits per heavy atom. The summed E-state index contributed by atoms with van der Waals surface area (Å²) >= 11 is 0. The molecule has 1 aliphatic rings. The van der Waals surface area contributed by atoms with Gasteiger partial charge in [-0.3, -0.25) is 10.1 Å². The van der Waals surface area contributed by atoms with Gasteiger partial charge in [-0.25, -0.2) is 0 Å². The first kappa shape index (κ1) is 18.0. The van der Waals surface area contributed by atoms with E-state index >= 15 is 0 Å². The average molecular weight is 359 g/mol. The fraction of sp³-hybridized carbons (Fsp3) is 0.421. The van der Waals surface area contributed by atoms with Crippen LogP contribution in [0.4, 0.5) is 5.69 Å². The maximum absolute atomic E-state index is 11.5. The fourth-order valence-corrected chi connectivity index (χ4v) is 3.13. The van der Waals surface area contributed by atoms with Crippen molar-refractivity contribution in [2.45, 2.75) is 18.9 Å².